The molecule has 0 heterocycles. The molecule has 4 nitrogen and oxygen atoms in total. The van der Waals surface area contributed by atoms with Crippen molar-refractivity contribution >= 4 is 14.4 Å². The van der Waals surface area contributed by atoms with E-state index in [4.69, 9.17) is 9.16 Å². The molecule has 176 valence electrons. The van der Waals surface area contributed by atoms with Gasteiger partial charge in [-0.2, -0.15) is 0 Å². The minimum absolute atomic E-state index is 0.183. The Morgan fingerprint density at radius 1 is 1.09 bits per heavy atom. The molecule has 0 aromatic rings. The number of hydrogen-bond acceptors (Lipinski definition) is 3. The number of nitrogens with zero attached hydrogens (tertiary/aromatic N) is 1. The lowest BCUT2D eigenvalue weighted by atomic mass is 10.0. The Hall–Kier alpha value is -2.13. The normalized spacial score (nSPS) is 13.9. The van der Waals surface area contributed by atoms with Gasteiger partial charge in [-0.3, -0.25) is 0 Å². The molecule has 0 aliphatic heterocycles. The number of rotatable bonds is 6. The summed E-state index contributed by atoms with van der Waals surface area (Å²) in [6, 6.07) is 2.78. The molecule has 1 aliphatic carbocycles. The Kier molecular flexibility index (Phi) is 11.2. The van der Waals surface area contributed by atoms with Crippen LogP contribution in [0.3, 0.4) is 0 Å². The van der Waals surface area contributed by atoms with Crippen LogP contribution in [0, 0.1) is 35.6 Å². The van der Waals surface area contributed by atoms with Crippen molar-refractivity contribution < 1.29 is 14.0 Å². The highest BCUT2D eigenvalue weighted by Crippen LogP contribution is 2.44. The average Bonchev–Trinajstić information content (AvgIpc) is 2.73. The van der Waals surface area contributed by atoms with E-state index >= 15 is 0 Å². The van der Waals surface area contributed by atoms with Crippen molar-refractivity contribution in [2.75, 3.05) is 13.7 Å². The van der Waals surface area contributed by atoms with Crippen LogP contribution in [0.5, 0.6) is 0 Å². The maximum Gasteiger partial charge on any atom is 0.422 e. The van der Waals surface area contributed by atoms with Crippen molar-refractivity contribution in [3.63, 3.8) is 0 Å². The summed E-state index contributed by atoms with van der Waals surface area (Å²) in [5.41, 5.74) is 1.94. The lowest BCUT2D eigenvalue weighted by molar-refractivity contribution is 0.144. The Morgan fingerprint density at radius 2 is 1.72 bits per heavy atom. The fraction of sp³-hybridized carbons (Fsp3) is 0.667. The smallest absolute Gasteiger partial charge is 0.422 e. The zero-order valence-corrected chi connectivity index (χ0v) is 22.5. The number of methoxy groups -OCH3 is 1. The molecule has 0 fully saturated rings. The van der Waals surface area contributed by atoms with Gasteiger partial charge < -0.3 is 9.16 Å². The Labute approximate surface area is 197 Å². The molecule has 0 spiro atoms. The van der Waals surface area contributed by atoms with Gasteiger partial charge >= 0.3 is 6.09 Å². The molecule has 0 N–H and O–H groups in total. The fourth-order valence-electron chi connectivity index (χ4n) is 4.54. The fourth-order valence-corrected chi connectivity index (χ4v) is 10.2. The van der Waals surface area contributed by atoms with E-state index in [0.717, 1.165) is 18.4 Å². The molecule has 0 unspecified atom stereocenters. The standard InChI is InChI=1S/C27H41NO3Si/c1-22(2)32(23(3)4,24(5)6)31-27(7,8)19-13-14-20-28(26(29)30-9)21-15-18-25-16-11-10-12-17-25/h16,22-24H,10-12,17,21H2,1-9H3. The lowest BCUT2D eigenvalue weighted by Gasteiger charge is -2.46. The van der Waals surface area contributed by atoms with Gasteiger partial charge in [-0.05, 0) is 67.6 Å². The van der Waals surface area contributed by atoms with Crippen LogP contribution in [-0.2, 0) is 9.16 Å². The Bertz CT molecular complexity index is 829. The second kappa shape index (κ2) is 12.8. The number of ether oxygens (including phenoxy) is 1. The third kappa shape index (κ3) is 8.09. The van der Waals surface area contributed by atoms with Crippen LogP contribution in [0.2, 0.25) is 16.6 Å². The van der Waals surface area contributed by atoms with Crippen molar-refractivity contribution in [3.05, 3.63) is 11.6 Å². The minimum atomic E-state index is -2.06. The van der Waals surface area contributed by atoms with Gasteiger partial charge in [0.25, 0.3) is 0 Å². The maximum absolute atomic E-state index is 12.0. The summed E-state index contributed by atoms with van der Waals surface area (Å²) >= 11 is 0. The summed E-state index contributed by atoms with van der Waals surface area (Å²) in [4.78, 5) is 13.3. The van der Waals surface area contributed by atoms with Crippen LogP contribution < -0.4 is 0 Å². The van der Waals surface area contributed by atoms with Crippen LogP contribution in [0.4, 0.5) is 4.79 Å². The summed E-state index contributed by atoms with van der Waals surface area (Å²) in [6.45, 7) is 17.7. The summed E-state index contributed by atoms with van der Waals surface area (Å²) in [5.74, 6) is 15.0. The largest absolute Gasteiger partial charge is 0.452 e. The molecule has 0 saturated heterocycles. The van der Waals surface area contributed by atoms with Crippen LogP contribution in [-0.4, -0.2) is 38.6 Å². The minimum Gasteiger partial charge on any atom is -0.452 e. The zero-order chi connectivity index (χ0) is 24.4. The molecule has 5 heteroatoms. The van der Waals surface area contributed by atoms with Gasteiger partial charge in [-0.1, -0.05) is 65.4 Å². The van der Waals surface area contributed by atoms with Gasteiger partial charge in [0.15, 0.2) is 0 Å². The number of allylic oxidation sites excluding steroid dienone is 2. The predicted molar refractivity (Wildman–Crippen MR) is 135 cm³/mol. The maximum atomic E-state index is 12.0. The van der Waals surface area contributed by atoms with E-state index < -0.39 is 20.0 Å². The van der Waals surface area contributed by atoms with Gasteiger partial charge in [0.1, 0.15) is 5.60 Å². The topological polar surface area (TPSA) is 38.8 Å². The summed E-state index contributed by atoms with van der Waals surface area (Å²) in [6.07, 6.45) is 6.11. The van der Waals surface area contributed by atoms with E-state index in [1.165, 1.54) is 24.9 Å². The zero-order valence-electron chi connectivity index (χ0n) is 21.5. The molecular formula is C27H41NO3Si. The van der Waals surface area contributed by atoms with Gasteiger partial charge in [0, 0.05) is 12.0 Å². The molecule has 0 bridgehead atoms. The lowest BCUT2D eigenvalue weighted by Crippen LogP contribution is -2.52. The third-order valence-corrected chi connectivity index (χ3v) is 12.2. The van der Waals surface area contributed by atoms with E-state index in [-0.39, 0.29) is 6.54 Å². The first-order chi connectivity index (χ1) is 15.0. The number of amides is 1. The van der Waals surface area contributed by atoms with E-state index in [2.05, 4.69) is 83.3 Å². The number of carbonyl (C=O) groups is 1. The van der Waals surface area contributed by atoms with E-state index in [1.54, 1.807) is 0 Å². The van der Waals surface area contributed by atoms with E-state index in [0.29, 0.717) is 16.6 Å². The summed E-state index contributed by atoms with van der Waals surface area (Å²) < 4.78 is 11.6. The number of carbonyl (C=O) groups excluding carboxylic acids is 1. The van der Waals surface area contributed by atoms with Crippen molar-refractivity contribution in [3.8, 4) is 35.6 Å². The molecule has 0 saturated carbocycles. The molecular weight excluding hydrogens is 414 g/mol. The van der Waals surface area contributed by atoms with Gasteiger partial charge in [0.2, 0.25) is 8.32 Å². The van der Waals surface area contributed by atoms with Gasteiger partial charge in [-0.25, -0.2) is 9.69 Å². The molecule has 32 heavy (non-hydrogen) atoms. The van der Waals surface area contributed by atoms with E-state index in [1.807, 2.05) is 13.8 Å². The molecule has 0 atom stereocenters. The quantitative estimate of drug-likeness (QED) is 0.261. The highest BCUT2D eigenvalue weighted by atomic mass is 28.4. The van der Waals surface area contributed by atoms with Crippen molar-refractivity contribution in [1.29, 1.82) is 0 Å². The van der Waals surface area contributed by atoms with Crippen molar-refractivity contribution in [2.45, 2.75) is 103 Å². The predicted octanol–water partition coefficient (Wildman–Crippen LogP) is 6.49. The third-order valence-electron chi connectivity index (χ3n) is 5.93. The first-order valence-corrected chi connectivity index (χ1v) is 13.9. The summed E-state index contributed by atoms with van der Waals surface area (Å²) in [5, 5.41) is 0. The highest BCUT2D eigenvalue weighted by molar-refractivity contribution is 6.77. The van der Waals surface area contributed by atoms with Crippen LogP contribution in [0.1, 0.15) is 81.1 Å². The number of hydrogen-bond donors (Lipinski definition) is 0. The summed E-state index contributed by atoms with van der Waals surface area (Å²) in [7, 11) is -0.724. The average molecular weight is 456 g/mol. The molecule has 1 amide bonds. The monoisotopic (exact) mass is 455 g/mol. The SMILES string of the molecule is COC(=O)N(C#CC#CC(C)(C)O[Si](C(C)C)(C(C)C)C(C)C)CC#CC1=CCCCC1. The Morgan fingerprint density at radius 3 is 2.22 bits per heavy atom. The molecule has 0 aromatic carbocycles. The first-order valence-electron chi connectivity index (χ1n) is 11.7. The Balaban J connectivity index is 2.98. The second-order valence-corrected chi connectivity index (χ2v) is 15.1. The molecule has 0 radical (unpaired) electrons. The highest BCUT2D eigenvalue weighted by Gasteiger charge is 2.48. The molecule has 1 rings (SSSR count). The van der Waals surface area contributed by atoms with Gasteiger partial charge in [0.05, 0.1) is 13.7 Å². The molecule has 1 aliphatic rings. The first kappa shape index (κ1) is 27.9. The van der Waals surface area contributed by atoms with Crippen molar-refractivity contribution in [2.24, 2.45) is 0 Å². The van der Waals surface area contributed by atoms with Crippen LogP contribution >= 0.6 is 0 Å². The molecule has 0 aromatic heterocycles. The second-order valence-electron chi connectivity index (χ2n) is 9.75. The van der Waals surface area contributed by atoms with Crippen LogP contribution in [0.15, 0.2) is 11.6 Å². The van der Waals surface area contributed by atoms with Gasteiger partial charge in [-0.15, -0.1) is 0 Å². The van der Waals surface area contributed by atoms with Crippen LogP contribution in [0.25, 0.3) is 0 Å². The van der Waals surface area contributed by atoms with E-state index in [9.17, 15) is 4.79 Å². The van der Waals surface area contributed by atoms with Crippen molar-refractivity contribution in [1.82, 2.24) is 4.90 Å².